The fourth-order valence-electron chi connectivity index (χ4n) is 4.54. The predicted octanol–water partition coefficient (Wildman–Crippen LogP) is 4.08. The molecule has 1 aromatic carbocycles. The van der Waals surface area contributed by atoms with Crippen molar-refractivity contribution in [2.24, 2.45) is 0 Å². The number of benzene rings is 1. The van der Waals surface area contributed by atoms with Gasteiger partial charge in [0.05, 0.1) is 0 Å². The minimum Gasteiger partial charge on any atom is -0.312 e. The van der Waals surface area contributed by atoms with Gasteiger partial charge in [-0.1, -0.05) is 44.0 Å². The van der Waals surface area contributed by atoms with Gasteiger partial charge in [-0.15, -0.1) is 10.2 Å². The Balaban J connectivity index is 1.61. The molecule has 0 saturated carbocycles. The zero-order valence-corrected chi connectivity index (χ0v) is 14.0. The van der Waals surface area contributed by atoms with Crippen LogP contribution in [0.25, 0.3) is 0 Å². The van der Waals surface area contributed by atoms with E-state index in [4.69, 9.17) is 8.22 Å². The largest absolute Gasteiger partial charge is 0.312 e. The second-order valence-electron chi connectivity index (χ2n) is 7.08. The number of hydrogen-bond acceptors (Lipinski definition) is 3. The van der Waals surface area contributed by atoms with Crippen molar-refractivity contribution in [2.75, 3.05) is 0 Å². The summed E-state index contributed by atoms with van der Waals surface area (Å²) >= 11 is 0. The summed E-state index contributed by atoms with van der Waals surface area (Å²) in [5.74, 6) is -0.968. The van der Waals surface area contributed by atoms with Gasteiger partial charge in [-0.25, -0.2) is 0 Å². The topological polar surface area (TPSA) is 34.0 Å². The average Bonchev–Trinajstić information content (AvgIpc) is 3.09. The molecule has 0 aliphatic carbocycles. The van der Waals surface area contributed by atoms with Crippen LogP contribution in [0.5, 0.6) is 0 Å². The lowest BCUT2D eigenvalue weighted by molar-refractivity contribution is 0.0973. The summed E-state index contributed by atoms with van der Waals surface area (Å²) < 4.78 is 48.8. The number of nitrogens with zero attached hydrogens (tertiary/aromatic N) is 4. The highest BCUT2D eigenvalue weighted by Gasteiger charge is 2.42. The molecule has 0 amide bonds. The molecule has 4 rings (SSSR count). The molecule has 2 unspecified atom stereocenters. The number of hydrogen-bond donors (Lipinski definition) is 0. The first-order chi connectivity index (χ1) is 14.1. The number of piperidine rings is 1. The summed E-state index contributed by atoms with van der Waals surface area (Å²) in [5, 5.41) is 8.16. The van der Waals surface area contributed by atoms with Gasteiger partial charge in [-0.3, -0.25) is 4.90 Å². The van der Waals surface area contributed by atoms with Gasteiger partial charge in [-0.2, -0.15) is 0 Å². The Morgan fingerprint density at radius 1 is 1.08 bits per heavy atom. The van der Waals surface area contributed by atoms with Crippen molar-refractivity contribution in [3.8, 4) is 0 Å². The van der Waals surface area contributed by atoms with Gasteiger partial charge >= 0.3 is 0 Å². The Morgan fingerprint density at radius 3 is 2.46 bits per heavy atom. The molecule has 2 atom stereocenters. The van der Waals surface area contributed by atoms with Gasteiger partial charge in [0.15, 0.2) is 0 Å². The summed E-state index contributed by atoms with van der Waals surface area (Å²) in [6.07, 6.45) is 3.91. The maximum absolute atomic E-state index is 7.83. The quantitative estimate of drug-likeness (QED) is 0.847. The molecule has 0 radical (unpaired) electrons. The van der Waals surface area contributed by atoms with Gasteiger partial charge in [0.1, 0.15) is 11.6 Å². The third kappa shape index (κ3) is 2.77. The zero-order chi connectivity index (χ0) is 21.7. The standard InChI is InChI=1S/C20H28N4/c1-14(2)20-22-21-15(3)24(20)19-11-17-9-10-18(12-19)23(17)13-16-7-5-4-6-8-16/h4-8,14,17-19H,9-13H2,1-3H3/i1D3,2D3. The van der Waals surface area contributed by atoms with E-state index in [-0.39, 0.29) is 11.9 Å². The third-order valence-corrected chi connectivity index (χ3v) is 5.58. The van der Waals surface area contributed by atoms with Crippen LogP contribution < -0.4 is 0 Å². The smallest absolute Gasteiger partial charge is 0.135 e. The van der Waals surface area contributed by atoms with Crippen LogP contribution in [0, 0.1) is 6.92 Å². The van der Waals surface area contributed by atoms with Crippen molar-refractivity contribution in [3.05, 3.63) is 47.5 Å². The number of rotatable bonds is 4. The molecular formula is C20H28N4. The van der Waals surface area contributed by atoms with E-state index in [1.54, 1.807) is 6.92 Å². The average molecular weight is 331 g/mol. The van der Waals surface area contributed by atoms with Crippen LogP contribution in [0.4, 0.5) is 0 Å². The molecule has 2 aliphatic heterocycles. The molecule has 2 saturated heterocycles. The summed E-state index contributed by atoms with van der Waals surface area (Å²) in [5.41, 5.74) is 1.29. The predicted molar refractivity (Wildman–Crippen MR) is 95.9 cm³/mol. The zero-order valence-electron chi connectivity index (χ0n) is 20.0. The molecule has 3 heterocycles. The van der Waals surface area contributed by atoms with E-state index in [2.05, 4.69) is 39.4 Å². The van der Waals surface area contributed by atoms with Crippen molar-refractivity contribution in [1.29, 1.82) is 0 Å². The van der Waals surface area contributed by atoms with E-state index < -0.39 is 19.6 Å². The van der Waals surface area contributed by atoms with Gasteiger partial charge in [0.2, 0.25) is 0 Å². The Hall–Kier alpha value is -1.68. The lowest BCUT2D eigenvalue weighted by atomic mass is 9.95. The molecule has 0 spiro atoms. The molecule has 24 heavy (non-hydrogen) atoms. The monoisotopic (exact) mass is 330 g/mol. The highest BCUT2D eigenvalue weighted by molar-refractivity contribution is 5.16. The summed E-state index contributed by atoms with van der Waals surface area (Å²) in [7, 11) is 0. The molecule has 1 aromatic heterocycles. The Bertz CT molecular complexity index is 848. The molecule has 0 N–H and O–H groups in total. The van der Waals surface area contributed by atoms with E-state index in [9.17, 15) is 0 Å². The highest BCUT2D eigenvalue weighted by Crippen LogP contribution is 2.42. The van der Waals surface area contributed by atoms with Crippen molar-refractivity contribution in [3.63, 3.8) is 0 Å². The minimum atomic E-state index is -2.67. The van der Waals surface area contributed by atoms with E-state index in [0.717, 1.165) is 32.2 Å². The van der Waals surface area contributed by atoms with Gasteiger partial charge in [0.25, 0.3) is 0 Å². The Kier molecular flexibility index (Phi) is 2.72. The van der Waals surface area contributed by atoms with E-state index >= 15 is 0 Å². The molecular weight excluding hydrogens is 296 g/mol. The molecule has 2 aliphatic rings. The van der Waals surface area contributed by atoms with Crippen LogP contribution in [0.2, 0.25) is 0 Å². The maximum Gasteiger partial charge on any atom is 0.135 e. The van der Waals surface area contributed by atoms with E-state index in [1.807, 2.05) is 10.6 Å². The molecule has 4 nitrogen and oxygen atoms in total. The van der Waals surface area contributed by atoms with Crippen LogP contribution in [0.15, 0.2) is 30.3 Å². The van der Waals surface area contributed by atoms with Crippen molar-refractivity contribution >= 4 is 0 Å². The van der Waals surface area contributed by atoms with Crippen LogP contribution in [0.1, 0.15) is 76.8 Å². The van der Waals surface area contributed by atoms with Gasteiger partial charge < -0.3 is 4.57 Å². The number of aromatic nitrogens is 3. The van der Waals surface area contributed by atoms with Crippen LogP contribution in [0.3, 0.4) is 0 Å². The van der Waals surface area contributed by atoms with E-state index in [0.29, 0.717) is 17.9 Å². The molecule has 2 fully saturated rings. The first-order valence-corrected chi connectivity index (χ1v) is 8.77. The van der Waals surface area contributed by atoms with Crippen LogP contribution in [-0.2, 0) is 6.54 Å². The summed E-state index contributed by atoms with van der Waals surface area (Å²) in [4.78, 5) is 2.55. The van der Waals surface area contributed by atoms with Crippen molar-refractivity contribution < 1.29 is 8.22 Å². The van der Waals surface area contributed by atoms with Crippen LogP contribution in [-0.4, -0.2) is 31.7 Å². The minimum absolute atomic E-state index is 0.0201. The Morgan fingerprint density at radius 2 is 1.79 bits per heavy atom. The number of fused-ring (bicyclic) bond motifs is 2. The first-order valence-electron chi connectivity index (χ1n) is 11.8. The summed E-state index contributed by atoms with van der Waals surface area (Å²) in [6.45, 7) is -2.65. The Labute approximate surface area is 153 Å². The molecule has 2 aromatic rings. The van der Waals surface area contributed by atoms with Crippen molar-refractivity contribution in [2.45, 2.75) is 76.9 Å². The molecule has 2 bridgehead atoms. The molecule has 128 valence electrons. The highest BCUT2D eigenvalue weighted by atomic mass is 15.3. The molecule has 4 heteroatoms. The second kappa shape index (κ2) is 6.32. The number of aryl methyl sites for hydroxylation is 1. The third-order valence-electron chi connectivity index (χ3n) is 5.58. The maximum atomic E-state index is 7.83. The van der Waals surface area contributed by atoms with Gasteiger partial charge in [-0.05, 0) is 38.2 Å². The van der Waals surface area contributed by atoms with E-state index in [1.165, 1.54) is 5.56 Å². The second-order valence-corrected chi connectivity index (χ2v) is 7.08. The fraction of sp³-hybridized carbons (Fsp3) is 0.600. The lowest BCUT2D eigenvalue weighted by Crippen LogP contribution is -2.43. The first kappa shape index (κ1) is 10.3. The fourth-order valence-corrected chi connectivity index (χ4v) is 4.54. The normalized spacial score (nSPS) is 31.8. The lowest BCUT2D eigenvalue weighted by Gasteiger charge is -2.40. The van der Waals surface area contributed by atoms with Gasteiger partial charge in [0, 0.05) is 38.8 Å². The van der Waals surface area contributed by atoms with Crippen LogP contribution >= 0.6 is 0 Å². The summed E-state index contributed by atoms with van der Waals surface area (Å²) in [6, 6.07) is 11.2. The van der Waals surface area contributed by atoms with Crippen molar-refractivity contribution in [1.82, 2.24) is 19.7 Å². The SMILES string of the molecule is [2H]C([2H])([2H])C(c1nnc(C)n1C1CC2CCC(C1)N2Cc1ccccc1)C([2H])([2H])[2H].